The van der Waals surface area contributed by atoms with E-state index in [2.05, 4.69) is 13.8 Å². The van der Waals surface area contributed by atoms with Crippen LogP contribution in [0.25, 0.3) is 11.1 Å². The molecule has 1 saturated heterocycles. The van der Waals surface area contributed by atoms with Crippen LogP contribution in [-0.4, -0.2) is 13.2 Å². The molecule has 0 aliphatic carbocycles. The lowest BCUT2D eigenvalue weighted by Gasteiger charge is -2.29. The van der Waals surface area contributed by atoms with Crippen LogP contribution in [0.5, 0.6) is 0 Å². The number of aryl methyl sites for hydroxylation is 1. The second-order valence-electron chi connectivity index (χ2n) is 11.2. The van der Waals surface area contributed by atoms with Gasteiger partial charge in [-0.3, -0.25) is 0 Å². The van der Waals surface area contributed by atoms with Crippen LogP contribution in [0.2, 0.25) is 0 Å². The lowest BCUT2D eigenvalue weighted by Crippen LogP contribution is -2.27. The average molecular weight is 529 g/mol. The van der Waals surface area contributed by atoms with Crippen molar-refractivity contribution in [3.63, 3.8) is 0 Å². The first-order chi connectivity index (χ1) is 18.6. The van der Waals surface area contributed by atoms with E-state index in [0.29, 0.717) is 42.2 Å². The summed E-state index contributed by atoms with van der Waals surface area (Å²) in [7, 11) is 0. The number of ether oxygens (including phenoxy) is 2. The highest BCUT2D eigenvalue weighted by Crippen LogP contribution is 2.31. The van der Waals surface area contributed by atoms with Crippen molar-refractivity contribution in [3.8, 4) is 11.1 Å². The Bertz CT molecular complexity index is 903. The molecule has 0 spiro atoms. The van der Waals surface area contributed by atoms with Gasteiger partial charge in [-0.2, -0.15) is 0 Å². The third-order valence-electron chi connectivity index (χ3n) is 7.89. The molecule has 2 nitrogen and oxygen atoms in total. The first kappa shape index (κ1) is 30.8. The molecule has 0 aromatic heterocycles. The van der Waals surface area contributed by atoms with Crippen molar-refractivity contribution in [2.75, 3.05) is 13.2 Å². The van der Waals surface area contributed by atoms with Crippen LogP contribution in [0, 0.1) is 17.6 Å². The number of halogens is 2. The van der Waals surface area contributed by atoms with Crippen molar-refractivity contribution in [1.29, 1.82) is 0 Å². The average Bonchev–Trinajstić information content (AvgIpc) is 2.95. The van der Waals surface area contributed by atoms with Crippen LogP contribution in [0.3, 0.4) is 0 Å². The lowest BCUT2D eigenvalue weighted by molar-refractivity contribution is -0.206. The third-order valence-corrected chi connectivity index (χ3v) is 7.89. The molecule has 0 amide bonds. The van der Waals surface area contributed by atoms with Gasteiger partial charge >= 0.3 is 0 Å². The van der Waals surface area contributed by atoms with E-state index in [-0.39, 0.29) is 6.29 Å². The van der Waals surface area contributed by atoms with Gasteiger partial charge in [-0.1, -0.05) is 134 Å². The van der Waals surface area contributed by atoms with Crippen molar-refractivity contribution < 1.29 is 18.3 Å². The van der Waals surface area contributed by atoms with E-state index in [1.807, 2.05) is 24.3 Å². The van der Waals surface area contributed by atoms with E-state index in [0.717, 1.165) is 24.8 Å². The summed E-state index contributed by atoms with van der Waals surface area (Å²) in [5.41, 5.74) is 2.36. The minimum atomic E-state index is -0.753. The van der Waals surface area contributed by atoms with E-state index in [4.69, 9.17) is 9.47 Å². The predicted octanol–water partition coefficient (Wildman–Crippen LogP) is 10.7. The maximum atomic E-state index is 14.9. The first-order valence-electron chi connectivity index (χ1n) is 15.4. The van der Waals surface area contributed by atoms with Gasteiger partial charge in [0.15, 0.2) is 17.9 Å². The first-order valence-corrected chi connectivity index (χ1v) is 15.4. The summed E-state index contributed by atoms with van der Waals surface area (Å²) >= 11 is 0. The summed E-state index contributed by atoms with van der Waals surface area (Å²) in [5, 5.41) is 0. The molecule has 2 aromatic carbocycles. The summed E-state index contributed by atoms with van der Waals surface area (Å²) in [6.45, 7) is 5.88. The van der Waals surface area contributed by atoms with Crippen LogP contribution in [0.15, 0.2) is 36.4 Å². The predicted molar refractivity (Wildman–Crippen MR) is 154 cm³/mol. The highest BCUT2D eigenvalue weighted by molar-refractivity contribution is 5.65. The minimum Gasteiger partial charge on any atom is -0.348 e. The summed E-state index contributed by atoms with van der Waals surface area (Å²) in [4.78, 5) is 0. The monoisotopic (exact) mass is 528 g/mol. The topological polar surface area (TPSA) is 18.5 Å². The SMILES string of the molecule is CCCCCCCCCc1ccc(-c2ccc(C3OCC(CCCCCCCCC)CO3)cc2)c(F)c1F. The van der Waals surface area contributed by atoms with Crippen LogP contribution >= 0.6 is 0 Å². The number of rotatable bonds is 18. The number of hydrogen-bond donors (Lipinski definition) is 0. The summed E-state index contributed by atoms with van der Waals surface area (Å²) < 4.78 is 41.8. The highest BCUT2D eigenvalue weighted by Gasteiger charge is 2.23. The van der Waals surface area contributed by atoms with E-state index < -0.39 is 11.6 Å². The second kappa shape index (κ2) is 17.7. The molecule has 0 atom stereocenters. The molecule has 212 valence electrons. The highest BCUT2D eigenvalue weighted by atomic mass is 19.2. The molecule has 0 unspecified atom stereocenters. The third kappa shape index (κ3) is 10.1. The zero-order valence-electron chi connectivity index (χ0n) is 23.9. The van der Waals surface area contributed by atoms with Gasteiger partial charge in [0.05, 0.1) is 13.2 Å². The Labute approximate surface area is 230 Å². The molecule has 3 rings (SSSR count). The molecule has 38 heavy (non-hydrogen) atoms. The van der Waals surface area contributed by atoms with Gasteiger partial charge in [-0.25, -0.2) is 8.78 Å². The van der Waals surface area contributed by atoms with Crippen LogP contribution in [0.1, 0.15) is 128 Å². The molecule has 1 heterocycles. The van der Waals surface area contributed by atoms with Gasteiger partial charge in [-0.05, 0) is 30.4 Å². The van der Waals surface area contributed by atoms with Crippen LogP contribution in [-0.2, 0) is 15.9 Å². The van der Waals surface area contributed by atoms with Crippen molar-refractivity contribution in [2.24, 2.45) is 5.92 Å². The fourth-order valence-corrected chi connectivity index (χ4v) is 5.39. The number of benzene rings is 2. The maximum Gasteiger partial charge on any atom is 0.183 e. The summed E-state index contributed by atoms with van der Waals surface area (Å²) in [5.74, 6) is -1.00. The molecular formula is C34H50F2O2. The molecule has 0 saturated carbocycles. The number of hydrogen-bond acceptors (Lipinski definition) is 2. The van der Waals surface area contributed by atoms with E-state index in [1.54, 1.807) is 12.1 Å². The summed E-state index contributed by atoms with van der Waals surface area (Å²) in [6.07, 6.45) is 18.7. The molecule has 1 aliphatic heterocycles. The Morgan fingerprint density at radius 1 is 0.632 bits per heavy atom. The largest absolute Gasteiger partial charge is 0.348 e. The molecular weight excluding hydrogens is 478 g/mol. The van der Waals surface area contributed by atoms with Gasteiger partial charge in [0, 0.05) is 17.0 Å². The summed E-state index contributed by atoms with van der Waals surface area (Å²) in [6, 6.07) is 10.9. The Kier molecular flexibility index (Phi) is 14.4. The lowest BCUT2D eigenvalue weighted by atomic mass is 9.98. The molecule has 0 N–H and O–H groups in total. The van der Waals surface area contributed by atoms with Gasteiger partial charge in [0.2, 0.25) is 0 Å². The van der Waals surface area contributed by atoms with E-state index in [1.165, 1.54) is 77.0 Å². The van der Waals surface area contributed by atoms with Crippen molar-refractivity contribution in [2.45, 2.75) is 123 Å². The quantitative estimate of drug-likeness (QED) is 0.179. The molecule has 1 aliphatic rings. The fraction of sp³-hybridized carbons (Fsp3) is 0.647. The fourth-order valence-electron chi connectivity index (χ4n) is 5.39. The Morgan fingerprint density at radius 2 is 1.18 bits per heavy atom. The normalized spacial score (nSPS) is 17.7. The van der Waals surface area contributed by atoms with Gasteiger partial charge in [-0.15, -0.1) is 0 Å². The van der Waals surface area contributed by atoms with Gasteiger partial charge < -0.3 is 9.47 Å². The molecule has 4 heteroatoms. The zero-order chi connectivity index (χ0) is 27.0. The van der Waals surface area contributed by atoms with Crippen molar-refractivity contribution in [1.82, 2.24) is 0 Å². The minimum absolute atomic E-state index is 0.303. The zero-order valence-corrected chi connectivity index (χ0v) is 23.9. The Morgan fingerprint density at radius 3 is 1.79 bits per heavy atom. The van der Waals surface area contributed by atoms with Crippen molar-refractivity contribution in [3.05, 3.63) is 59.2 Å². The van der Waals surface area contributed by atoms with E-state index >= 15 is 0 Å². The van der Waals surface area contributed by atoms with E-state index in [9.17, 15) is 8.78 Å². The maximum absolute atomic E-state index is 14.9. The molecule has 0 radical (unpaired) electrons. The van der Waals surface area contributed by atoms with Crippen LogP contribution in [0.4, 0.5) is 8.78 Å². The number of unbranched alkanes of at least 4 members (excludes halogenated alkanes) is 12. The van der Waals surface area contributed by atoms with Gasteiger partial charge in [0.25, 0.3) is 0 Å². The van der Waals surface area contributed by atoms with Crippen LogP contribution < -0.4 is 0 Å². The smallest absolute Gasteiger partial charge is 0.183 e. The molecule has 2 aromatic rings. The second-order valence-corrected chi connectivity index (χ2v) is 11.2. The Balaban J connectivity index is 1.42. The molecule has 1 fully saturated rings. The van der Waals surface area contributed by atoms with Crippen molar-refractivity contribution >= 4 is 0 Å². The molecule has 0 bridgehead atoms. The Hall–Kier alpha value is -1.78. The standard InChI is InChI=1S/C34H50F2O2/c1-3-5-7-9-11-13-15-17-27-25-37-34(38-26-27)30-21-19-28(20-22-30)31-24-23-29(32(35)33(31)36)18-16-14-12-10-8-6-4-2/h19-24,27,34H,3-18,25-26H2,1-2H3. The van der Waals surface area contributed by atoms with Gasteiger partial charge in [0.1, 0.15) is 0 Å².